The lowest BCUT2D eigenvalue weighted by atomic mass is 9.85. The van der Waals surface area contributed by atoms with Crippen LogP contribution < -0.4 is 0 Å². The van der Waals surface area contributed by atoms with E-state index in [2.05, 4.69) is 0 Å². The van der Waals surface area contributed by atoms with Crippen LogP contribution in [0.25, 0.3) is 0 Å². The standard InChI is InChI=1S/C13H18N2O5S/c1-9(2)13(16)7-14(8-13)21(19,20)11-5-4-10(3)12(6-11)15(17)18/h4-6,9,16H,7-8H2,1-3H3. The van der Waals surface area contributed by atoms with Gasteiger partial charge >= 0.3 is 0 Å². The number of hydrogen-bond donors (Lipinski definition) is 1. The first kappa shape index (κ1) is 15.9. The summed E-state index contributed by atoms with van der Waals surface area (Å²) in [5, 5.41) is 21.0. The minimum absolute atomic E-state index is 0.00861. The first-order valence-electron chi connectivity index (χ1n) is 6.55. The molecule has 0 aliphatic carbocycles. The van der Waals surface area contributed by atoms with Crippen LogP contribution in [0.15, 0.2) is 23.1 Å². The molecule has 116 valence electrons. The summed E-state index contributed by atoms with van der Waals surface area (Å²) in [4.78, 5) is 10.2. The maximum Gasteiger partial charge on any atom is 0.273 e. The summed E-state index contributed by atoms with van der Waals surface area (Å²) in [6, 6.07) is 3.83. The summed E-state index contributed by atoms with van der Waals surface area (Å²) in [7, 11) is -3.81. The Labute approximate surface area is 123 Å². The molecule has 8 heteroatoms. The number of aryl methyl sites for hydroxylation is 1. The smallest absolute Gasteiger partial charge is 0.273 e. The SMILES string of the molecule is Cc1ccc(S(=O)(=O)N2CC(O)(C(C)C)C2)cc1[N+](=O)[O-]. The van der Waals surface area contributed by atoms with Gasteiger partial charge in [-0.2, -0.15) is 4.31 Å². The van der Waals surface area contributed by atoms with Gasteiger partial charge in [-0.1, -0.05) is 19.9 Å². The number of hydrogen-bond acceptors (Lipinski definition) is 5. The fourth-order valence-corrected chi connectivity index (χ4v) is 3.78. The second kappa shape index (κ2) is 5.04. The van der Waals surface area contributed by atoms with Crippen LogP contribution in [-0.2, 0) is 10.0 Å². The van der Waals surface area contributed by atoms with Gasteiger partial charge < -0.3 is 5.11 Å². The Morgan fingerprint density at radius 3 is 2.43 bits per heavy atom. The van der Waals surface area contributed by atoms with Gasteiger partial charge in [-0.3, -0.25) is 10.1 Å². The molecule has 0 spiro atoms. The maximum atomic E-state index is 12.4. The zero-order valence-electron chi connectivity index (χ0n) is 12.1. The van der Waals surface area contributed by atoms with E-state index in [4.69, 9.17) is 0 Å². The third-order valence-corrected chi connectivity index (χ3v) is 5.78. The normalized spacial score (nSPS) is 18.5. The second-order valence-corrected chi connectivity index (χ2v) is 7.67. The lowest BCUT2D eigenvalue weighted by molar-refractivity contribution is -0.385. The van der Waals surface area contributed by atoms with Gasteiger partial charge in [0, 0.05) is 24.7 Å². The summed E-state index contributed by atoms with van der Waals surface area (Å²) in [6.07, 6.45) is 0. The van der Waals surface area contributed by atoms with Gasteiger partial charge in [0.25, 0.3) is 5.69 Å². The fraction of sp³-hybridized carbons (Fsp3) is 0.538. The van der Waals surface area contributed by atoms with E-state index in [1.165, 1.54) is 12.1 Å². The molecule has 1 aromatic carbocycles. The molecule has 1 aliphatic heterocycles. The second-order valence-electron chi connectivity index (χ2n) is 5.74. The van der Waals surface area contributed by atoms with Crippen molar-refractivity contribution < 1.29 is 18.4 Å². The van der Waals surface area contributed by atoms with E-state index >= 15 is 0 Å². The van der Waals surface area contributed by atoms with E-state index in [0.29, 0.717) is 5.56 Å². The highest BCUT2D eigenvalue weighted by atomic mass is 32.2. The zero-order chi connectivity index (χ0) is 16.0. The lowest BCUT2D eigenvalue weighted by Crippen LogP contribution is -2.65. The Hall–Kier alpha value is -1.51. The Bertz CT molecular complexity index is 678. The minimum atomic E-state index is -3.81. The number of rotatable bonds is 4. The van der Waals surface area contributed by atoms with Crippen LogP contribution >= 0.6 is 0 Å². The molecule has 0 bridgehead atoms. The van der Waals surface area contributed by atoms with E-state index in [1.54, 1.807) is 6.92 Å². The van der Waals surface area contributed by atoms with Crippen LogP contribution in [0.1, 0.15) is 19.4 Å². The molecule has 1 aromatic rings. The molecule has 0 unspecified atom stereocenters. The van der Waals surface area contributed by atoms with Crippen molar-refractivity contribution in [2.75, 3.05) is 13.1 Å². The first-order chi connectivity index (χ1) is 9.58. The Morgan fingerprint density at radius 1 is 1.38 bits per heavy atom. The van der Waals surface area contributed by atoms with Gasteiger partial charge in [-0.05, 0) is 18.9 Å². The third-order valence-electron chi connectivity index (χ3n) is 3.99. The van der Waals surface area contributed by atoms with Gasteiger partial charge in [-0.15, -0.1) is 0 Å². The summed E-state index contributed by atoms with van der Waals surface area (Å²) < 4.78 is 25.9. The molecule has 0 saturated carbocycles. The molecule has 0 radical (unpaired) electrons. The van der Waals surface area contributed by atoms with Crippen LogP contribution in [0, 0.1) is 23.0 Å². The molecule has 0 atom stereocenters. The zero-order valence-corrected chi connectivity index (χ0v) is 12.9. The van der Waals surface area contributed by atoms with Crippen LogP contribution in [0.2, 0.25) is 0 Å². The fourth-order valence-electron chi connectivity index (χ4n) is 2.19. The third kappa shape index (κ3) is 2.66. The quantitative estimate of drug-likeness (QED) is 0.666. The Morgan fingerprint density at radius 2 is 1.95 bits per heavy atom. The molecule has 1 fully saturated rings. The average molecular weight is 314 g/mol. The van der Waals surface area contributed by atoms with E-state index in [1.807, 2.05) is 13.8 Å². The van der Waals surface area contributed by atoms with Crippen molar-refractivity contribution in [1.29, 1.82) is 0 Å². The number of nitro groups is 1. The molecule has 1 aliphatic rings. The number of sulfonamides is 1. The summed E-state index contributed by atoms with van der Waals surface area (Å²) in [5.41, 5.74) is -0.846. The van der Waals surface area contributed by atoms with Crippen molar-refractivity contribution in [3.05, 3.63) is 33.9 Å². The van der Waals surface area contributed by atoms with Crippen LogP contribution in [0.3, 0.4) is 0 Å². The highest BCUT2D eigenvalue weighted by Crippen LogP contribution is 2.34. The van der Waals surface area contributed by atoms with Crippen molar-refractivity contribution >= 4 is 15.7 Å². The molecule has 0 aromatic heterocycles. The maximum absolute atomic E-state index is 12.4. The highest BCUT2D eigenvalue weighted by Gasteiger charge is 2.49. The number of nitro benzene ring substituents is 1. The van der Waals surface area contributed by atoms with Crippen LogP contribution in [0.5, 0.6) is 0 Å². The predicted molar refractivity (Wildman–Crippen MR) is 76.4 cm³/mol. The van der Waals surface area contributed by atoms with E-state index in [0.717, 1.165) is 10.4 Å². The highest BCUT2D eigenvalue weighted by molar-refractivity contribution is 7.89. The van der Waals surface area contributed by atoms with E-state index in [9.17, 15) is 23.6 Å². The first-order valence-corrected chi connectivity index (χ1v) is 7.99. The molecule has 7 nitrogen and oxygen atoms in total. The molecule has 2 rings (SSSR count). The van der Waals surface area contributed by atoms with Gasteiger partial charge in [0.1, 0.15) is 0 Å². The Kier molecular flexibility index (Phi) is 3.81. The molecule has 1 saturated heterocycles. The summed E-state index contributed by atoms with van der Waals surface area (Å²) in [6.45, 7) is 5.21. The predicted octanol–water partition coefficient (Wildman–Crippen LogP) is 1.29. The molecule has 21 heavy (non-hydrogen) atoms. The van der Waals surface area contributed by atoms with Gasteiger partial charge in [0.2, 0.25) is 10.0 Å². The van der Waals surface area contributed by atoms with Crippen LogP contribution in [-0.4, -0.2) is 41.4 Å². The average Bonchev–Trinajstić information content (AvgIpc) is 2.34. The van der Waals surface area contributed by atoms with Crippen molar-refractivity contribution in [3.8, 4) is 0 Å². The topological polar surface area (TPSA) is 101 Å². The number of β-amino-alcohol motifs (C(OH)–C–C–N with tert-alkyl or cyclic N) is 1. The van der Waals surface area contributed by atoms with Crippen molar-refractivity contribution in [2.24, 2.45) is 5.92 Å². The Balaban J connectivity index is 2.30. The number of nitrogens with zero attached hydrogens (tertiary/aromatic N) is 2. The molecular weight excluding hydrogens is 296 g/mol. The molecular formula is C13H18N2O5S. The monoisotopic (exact) mass is 314 g/mol. The minimum Gasteiger partial charge on any atom is -0.387 e. The number of benzene rings is 1. The van der Waals surface area contributed by atoms with E-state index < -0.39 is 20.5 Å². The van der Waals surface area contributed by atoms with E-state index in [-0.39, 0.29) is 29.6 Å². The number of aliphatic hydroxyl groups is 1. The van der Waals surface area contributed by atoms with Crippen molar-refractivity contribution in [3.63, 3.8) is 0 Å². The summed E-state index contributed by atoms with van der Waals surface area (Å²) in [5.74, 6) is -0.0590. The molecule has 1 heterocycles. The van der Waals surface area contributed by atoms with Crippen molar-refractivity contribution in [2.45, 2.75) is 31.3 Å². The van der Waals surface area contributed by atoms with Crippen LogP contribution in [0.4, 0.5) is 5.69 Å². The molecule has 0 amide bonds. The molecule has 1 N–H and O–H groups in total. The van der Waals surface area contributed by atoms with Crippen molar-refractivity contribution in [1.82, 2.24) is 4.31 Å². The van der Waals surface area contributed by atoms with Gasteiger partial charge in [0.15, 0.2) is 0 Å². The summed E-state index contributed by atoms with van der Waals surface area (Å²) >= 11 is 0. The van der Waals surface area contributed by atoms with Gasteiger partial charge in [0.05, 0.1) is 15.4 Å². The van der Waals surface area contributed by atoms with Gasteiger partial charge in [-0.25, -0.2) is 8.42 Å². The lowest BCUT2D eigenvalue weighted by Gasteiger charge is -2.47. The largest absolute Gasteiger partial charge is 0.387 e.